The van der Waals surface area contributed by atoms with Crippen molar-refractivity contribution < 1.29 is 33.6 Å². The molecule has 5 rings (SSSR count). The van der Waals surface area contributed by atoms with Crippen LogP contribution in [0.4, 0.5) is 0 Å². The number of fused-ring (bicyclic) bond motifs is 3. The minimum absolute atomic E-state index is 0.139. The molecule has 1 fully saturated rings. The normalized spacial score (nSPS) is 26.6. The molecule has 7 nitrogen and oxygen atoms in total. The molecule has 4 atom stereocenters. The fourth-order valence-electron chi connectivity index (χ4n) is 4.82. The number of rotatable bonds is 3. The van der Waals surface area contributed by atoms with Gasteiger partial charge in [-0.2, -0.15) is 0 Å². The van der Waals surface area contributed by atoms with E-state index in [0.717, 1.165) is 22.3 Å². The van der Waals surface area contributed by atoms with Crippen molar-refractivity contribution in [1.82, 2.24) is 0 Å². The van der Waals surface area contributed by atoms with Gasteiger partial charge in [0.2, 0.25) is 6.79 Å². The third-order valence-electron chi connectivity index (χ3n) is 6.28. The predicted octanol–water partition coefficient (Wildman–Crippen LogP) is 2.71. The first-order valence-electron chi connectivity index (χ1n) is 9.54. The number of ether oxygens (including phenoxy) is 5. The monoisotopic (exact) mass is 398 g/mol. The maximum Gasteiger partial charge on any atom is 0.310 e. The number of aliphatic hydroxyl groups excluding tert-OH is 1. The molecule has 2 unspecified atom stereocenters. The third-order valence-corrected chi connectivity index (χ3v) is 6.28. The second-order valence-corrected chi connectivity index (χ2v) is 7.63. The van der Waals surface area contributed by atoms with Crippen LogP contribution < -0.4 is 18.9 Å². The maximum absolute atomic E-state index is 12.7. The molecule has 2 aliphatic heterocycles. The second kappa shape index (κ2) is 6.56. The Balaban J connectivity index is 1.75. The van der Waals surface area contributed by atoms with Crippen LogP contribution in [0.1, 0.15) is 34.3 Å². The number of carbonyl (C=O) groups is 1. The Morgan fingerprint density at radius 2 is 1.59 bits per heavy atom. The Hall–Kier alpha value is -2.93. The van der Waals surface area contributed by atoms with Crippen molar-refractivity contribution in [2.75, 3.05) is 27.6 Å². The number of hydrogen-bond donors (Lipinski definition) is 1. The molecule has 2 aromatic carbocycles. The highest BCUT2D eigenvalue weighted by Crippen LogP contribution is 2.54. The Labute approximate surface area is 168 Å². The summed E-state index contributed by atoms with van der Waals surface area (Å²) in [5, 5.41) is 11.0. The number of methoxy groups -OCH3 is 2. The highest BCUT2D eigenvalue weighted by Gasteiger charge is 2.52. The van der Waals surface area contributed by atoms with E-state index < -0.39 is 12.0 Å². The van der Waals surface area contributed by atoms with Gasteiger partial charge in [0.15, 0.2) is 11.5 Å². The van der Waals surface area contributed by atoms with Crippen LogP contribution in [0.3, 0.4) is 0 Å². The quantitative estimate of drug-likeness (QED) is 0.796. The first kappa shape index (κ1) is 18.1. The summed E-state index contributed by atoms with van der Waals surface area (Å²) in [6, 6.07) is 7.54. The summed E-state index contributed by atoms with van der Waals surface area (Å²) in [4.78, 5) is 12.7. The van der Waals surface area contributed by atoms with Gasteiger partial charge in [0.25, 0.3) is 0 Å². The maximum atomic E-state index is 12.7. The van der Waals surface area contributed by atoms with Gasteiger partial charge in [0.05, 0.1) is 32.8 Å². The van der Waals surface area contributed by atoms with Crippen LogP contribution in [-0.2, 0) is 9.53 Å². The van der Waals surface area contributed by atoms with E-state index in [4.69, 9.17) is 23.7 Å². The van der Waals surface area contributed by atoms with Crippen molar-refractivity contribution in [2.24, 2.45) is 11.8 Å². The smallest absolute Gasteiger partial charge is 0.310 e. The topological polar surface area (TPSA) is 83.5 Å². The molecule has 0 bridgehead atoms. The first-order valence-corrected chi connectivity index (χ1v) is 9.54. The molecule has 0 saturated carbocycles. The molecule has 152 valence electrons. The number of cyclic esters (lactones) is 1. The highest BCUT2D eigenvalue weighted by atomic mass is 16.7. The summed E-state index contributed by atoms with van der Waals surface area (Å²) in [5.41, 5.74) is 3.31. The average Bonchev–Trinajstić information content (AvgIpc) is 3.34. The van der Waals surface area contributed by atoms with Gasteiger partial charge in [-0.1, -0.05) is 0 Å². The summed E-state index contributed by atoms with van der Waals surface area (Å²) in [7, 11) is 3.21. The lowest BCUT2D eigenvalue weighted by Crippen LogP contribution is -2.34. The van der Waals surface area contributed by atoms with E-state index >= 15 is 0 Å². The predicted molar refractivity (Wildman–Crippen MR) is 102 cm³/mol. The molecule has 0 aromatic heterocycles. The zero-order valence-electron chi connectivity index (χ0n) is 16.4. The van der Waals surface area contributed by atoms with Crippen molar-refractivity contribution in [1.29, 1.82) is 0 Å². The van der Waals surface area contributed by atoms with Crippen LogP contribution in [0.2, 0.25) is 0 Å². The van der Waals surface area contributed by atoms with Crippen LogP contribution in [0, 0.1) is 18.8 Å². The van der Waals surface area contributed by atoms with Crippen LogP contribution >= 0.6 is 0 Å². The van der Waals surface area contributed by atoms with Crippen molar-refractivity contribution in [3.8, 4) is 23.0 Å². The van der Waals surface area contributed by atoms with Crippen LogP contribution in [-0.4, -0.2) is 38.7 Å². The lowest BCUT2D eigenvalue weighted by atomic mass is 9.66. The zero-order chi connectivity index (χ0) is 20.3. The largest absolute Gasteiger partial charge is 0.496 e. The molecular formula is C22H22O7. The van der Waals surface area contributed by atoms with Gasteiger partial charge < -0.3 is 28.8 Å². The molecule has 0 radical (unpaired) electrons. The minimum atomic E-state index is -0.818. The molecule has 2 aromatic rings. The van der Waals surface area contributed by atoms with Crippen LogP contribution in [0.25, 0.3) is 0 Å². The van der Waals surface area contributed by atoms with Crippen molar-refractivity contribution in [2.45, 2.75) is 18.9 Å². The molecule has 29 heavy (non-hydrogen) atoms. The molecule has 0 amide bonds. The summed E-state index contributed by atoms with van der Waals surface area (Å²) in [6.45, 7) is 2.25. The van der Waals surface area contributed by atoms with Gasteiger partial charge in [-0.15, -0.1) is 0 Å². The van der Waals surface area contributed by atoms with E-state index in [1.807, 2.05) is 31.2 Å². The molecular weight excluding hydrogens is 376 g/mol. The van der Waals surface area contributed by atoms with Crippen LogP contribution in [0.5, 0.6) is 23.0 Å². The summed E-state index contributed by atoms with van der Waals surface area (Å²) in [6.07, 6.45) is -0.818. The van der Waals surface area contributed by atoms with Crippen molar-refractivity contribution in [3.63, 3.8) is 0 Å². The molecule has 0 spiro atoms. The fraction of sp³-hybridized carbons (Fsp3) is 0.409. The van der Waals surface area contributed by atoms with E-state index in [1.54, 1.807) is 14.2 Å². The standard InChI is InChI=1S/C22H22O7/c1-10-15(25-2)4-11(5-16(10)26-3)19-12-6-17-18(29-9-28-17)7-13(12)21(23)14-8-27-22(24)20(14)19/h4-7,14,19-21,23H,8-9H2,1-3H3/t14?,19-,20?,21+/m1/s1. The highest BCUT2D eigenvalue weighted by molar-refractivity contribution is 5.78. The third kappa shape index (κ3) is 2.57. The van der Waals surface area contributed by atoms with Crippen molar-refractivity contribution in [3.05, 3.63) is 46.5 Å². The van der Waals surface area contributed by atoms with Crippen molar-refractivity contribution >= 4 is 5.97 Å². The van der Waals surface area contributed by atoms with E-state index in [9.17, 15) is 9.90 Å². The SMILES string of the molecule is COc1cc([C@@H]2c3cc4c(cc3[C@H](O)C3COC(=O)C32)OCO4)cc(OC)c1C. The molecule has 3 aliphatic rings. The number of hydrogen-bond acceptors (Lipinski definition) is 7. The summed E-state index contributed by atoms with van der Waals surface area (Å²) < 4.78 is 27.5. The van der Waals surface area contributed by atoms with Gasteiger partial charge in [-0.25, -0.2) is 0 Å². The molecule has 1 saturated heterocycles. The lowest BCUT2D eigenvalue weighted by molar-refractivity contribution is -0.141. The molecule has 1 N–H and O–H groups in total. The molecule has 1 aliphatic carbocycles. The Morgan fingerprint density at radius 1 is 0.966 bits per heavy atom. The number of carbonyl (C=O) groups excluding carboxylic acids is 1. The number of aliphatic hydroxyl groups is 1. The summed E-state index contributed by atoms with van der Waals surface area (Å²) >= 11 is 0. The van der Waals surface area contributed by atoms with E-state index in [2.05, 4.69) is 0 Å². The van der Waals surface area contributed by atoms with Gasteiger partial charge in [0, 0.05) is 17.4 Å². The lowest BCUT2D eigenvalue weighted by Gasteiger charge is -2.37. The van der Waals surface area contributed by atoms with Gasteiger partial charge >= 0.3 is 5.97 Å². The van der Waals surface area contributed by atoms with Gasteiger partial charge in [-0.05, 0) is 47.9 Å². The molecule has 2 heterocycles. The minimum Gasteiger partial charge on any atom is -0.496 e. The Kier molecular flexibility index (Phi) is 4.10. The fourth-order valence-corrected chi connectivity index (χ4v) is 4.82. The molecule has 7 heteroatoms. The van der Waals surface area contributed by atoms with Gasteiger partial charge in [0.1, 0.15) is 11.5 Å². The summed E-state index contributed by atoms with van der Waals surface area (Å²) in [5.74, 6) is 1.09. The zero-order valence-corrected chi connectivity index (χ0v) is 16.4. The Morgan fingerprint density at radius 3 is 2.21 bits per heavy atom. The van der Waals surface area contributed by atoms with E-state index in [-0.39, 0.29) is 31.2 Å². The Bertz CT molecular complexity index is 974. The number of benzene rings is 2. The van der Waals surface area contributed by atoms with Gasteiger partial charge in [-0.3, -0.25) is 4.79 Å². The van der Waals surface area contributed by atoms with E-state index in [0.29, 0.717) is 23.0 Å². The van der Waals surface area contributed by atoms with Crippen LogP contribution in [0.15, 0.2) is 24.3 Å². The first-order chi connectivity index (χ1) is 14.0. The van der Waals surface area contributed by atoms with E-state index in [1.165, 1.54) is 0 Å². The number of esters is 1. The average molecular weight is 398 g/mol. The second-order valence-electron chi connectivity index (χ2n) is 7.63.